The van der Waals surface area contributed by atoms with Gasteiger partial charge in [-0.3, -0.25) is 0 Å². The first-order valence-corrected chi connectivity index (χ1v) is 15.3. The smallest absolute Gasteiger partial charge is 0.143 e. The zero-order valence-electron chi connectivity index (χ0n) is 19.8. The molecule has 3 aromatic carbocycles. The van der Waals surface area contributed by atoms with E-state index in [-0.39, 0.29) is 0 Å². The Kier molecular flexibility index (Phi) is 8.44. The number of rotatable bonds is 11. The fourth-order valence-corrected chi connectivity index (χ4v) is 4.78. The molecular weight excluding hydrogens is 404 g/mol. The molecule has 0 aliphatic heterocycles. The highest BCUT2D eigenvalue weighted by molar-refractivity contribution is 6.76. The van der Waals surface area contributed by atoms with Crippen molar-refractivity contribution in [2.75, 3.05) is 6.61 Å². The Labute approximate surface area is 195 Å². The van der Waals surface area contributed by atoms with Crippen LogP contribution in [0.15, 0.2) is 115 Å². The quantitative estimate of drug-likeness (QED) is 0.126. The molecule has 0 saturated heterocycles. The predicted octanol–water partition coefficient (Wildman–Crippen LogP) is 8.23. The van der Waals surface area contributed by atoms with Gasteiger partial charge in [-0.2, -0.15) is 0 Å². The molecule has 0 fully saturated rings. The van der Waals surface area contributed by atoms with Crippen molar-refractivity contribution in [2.45, 2.75) is 44.1 Å². The van der Waals surface area contributed by atoms with Crippen LogP contribution < -0.4 is 0 Å². The van der Waals surface area contributed by atoms with E-state index >= 15 is 0 Å². The maximum Gasteiger partial charge on any atom is 0.143 e. The maximum absolute atomic E-state index is 6.84. The minimum atomic E-state index is -1.05. The van der Waals surface area contributed by atoms with Crippen molar-refractivity contribution in [1.29, 1.82) is 0 Å². The van der Waals surface area contributed by atoms with E-state index in [2.05, 4.69) is 129 Å². The summed E-state index contributed by atoms with van der Waals surface area (Å²) in [5, 5.41) is 0. The van der Waals surface area contributed by atoms with Crippen LogP contribution in [0.4, 0.5) is 0 Å². The molecule has 0 aromatic heterocycles. The van der Waals surface area contributed by atoms with Gasteiger partial charge in [-0.05, 0) is 35.6 Å². The Hall–Kier alpha value is -2.68. The lowest BCUT2D eigenvalue weighted by molar-refractivity contribution is 0.0117. The maximum atomic E-state index is 6.84. The Morgan fingerprint density at radius 3 is 1.62 bits per heavy atom. The van der Waals surface area contributed by atoms with Crippen molar-refractivity contribution in [2.24, 2.45) is 0 Å². The molecule has 0 bridgehead atoms. The third-order valence-electron chi connectivity index (χ3n) is 5.59. The summed E-state index contributed by atoms with van der Waals surface area (Å²) in [7, 11) is -1.05. The summed E-state index contributed by atoms with van der Waals surface area (Å²) >= 11 is 0. The van der Waals surface area contributed by atoms with E-state index in [9.17, 15) is 0 Å². The molecule has 1 nitrogen and oxygen atoms in total. The number of ether oxygens (including phenoxy) is 1. The van der Waals surface area contributed by atoms with Gasteiger partial charge in [0.1, 0.15) is 5.60 Å². The van der Waals surface area contributed by atoms with Crippen molar-refractivity contribution in [3.05, 3.63) is 132 Å². The molecular formula is C30H36OSi. The van der Waals surface area contributed by atoms with Gasteiger partial charge in [0.25, 0.3) is 0 Å². The number of hydrogen-bond acceptors (Lipinski definition) is 1. The third-order valence-corrected chi connectivity index (χ3v) is 7.05. The molecule has 0 aliphatic rings. The highest BCUT2D eigenvalue weighted by Gasteiger charge is 2.37. The summed E-state index contributed by atoms with van der Waals surface area (Å²) in [5.74, 6) is 0. The van der Waals surface area contributed by atoms with E-state index in [4.69, 9.17) is 4.74 Å². The summed E-state index contributed by atoms with van der Waals surface area (Å²) in [5.41, 5.74) is 3.97. The minimum Gasteiger partial charge on any atom is -0.361 e. The normalized spacial score (nSPS) is 12.2. The fraction of sp³-hybridized carbons (Fsp3) is 0.267. The number of allylic oxidation sites excluding steroid dienone is 3. The largest absolute Gasteiger partial charge is 0.361 e. The van der Waals surface area contributed by atoms with E-state index in [0.717, 1.165) is 29.5 Å². The summed E-state index contributed by atoms with van der Waals surface area (Å²) in [6, 6.07) is 32.9. The SMILES string of the molecule is C=C(/C=C\C[Si](C)(C)C)CCCOC(c1ccccc1)(c1ccccc1)c1ccccc1. The average Bonchev–Trinajstić information content (AvgIpc) is 2.80. The number of hydrogen-bond donors (Lipinski definition) is 0. The Balaban J connectivity index is 1.82. The average molecular weight is 441 g/mol. The first-order valence-electron chi connectivity index (χ1n) is 11.6. The van der Waals surface area contributed by atoms with E-state index < -0.39 is 13.7 Å². The van der Waals surface area contributed by atoms with Crippen molar-refractivity contribution in [3.8, 4) is 0 Å². The van der Waals surface area contributed by atoms with Gasteiger partial charge in [-0.25, -0.2) is 0 Å². The Bertz CT molecular complexity index is 889. The van der Waals surface area contributed by atoms with Crippen LogP contribution in [0.5, 0.6) is 0 Å². The second-order valence-corrected chi connectivity index (χ2v) is 15.1. The van der Waals surface area contributed by atoms with Gasteiger partial charge in [-0.1, -0.05) is 135 Å². The van der Waals surface area contributed by atoms with E-state index in [1.165, 1.54) is 11.6 Å². The van der Waals surface area contributed by atoms with E-state index in [0.29, 0.717) is 6.61 Å². The summed E-state index contributed by atoms with van der Waals surface area (Å²) in [6.45, 7) is 12.1. The first kappa shape index (κ1) is 24.0. The summed E-state index contributed by atoms with van der Waals surface area (Å²) < 4.78 is 6.84. The van der Waals surface area contributed by atoms with Gasteiger partial charge in [0.05, 0.1) is 0 Å². The molecule has 0 heterocycles. The van der Waals surface area contributed by atoms with Crippen molar-refractivity contribution in [1.82, 2.24) is 0 Å². The molecule has 0 N–H and O–H groups in total. The van der Waals surface area contributed by atoms with Crippen molar-refractivity contribution >= 4 is 8.07 Å². The van der Waals surface area contributed by atoms with Gasteiger partial charge in [0.2, 0.25) is 0 Å². The van der Waals surface area contributed by atoms with E-state index in [1.54, 1.807) is 0 Å². The van der Waals surface area contributed by atoms with Crippen LogP contribution in [0, 0.1) is 0 Å². The van der Waals surface area contributed by atoms with E-state index in [1.807, 2.05) is 0 Å². The summed E-state index contributed by atoms with van der Waals surface area (Å²) in [4.78, 5) is 0. The molecule has 2 heteroatoms. The molecule has 0 unspecified atom stereocenters. The van der Waals surface area contributed by atoms with Crippen LogP contribution in [0.2, 0.25) is 25.7 Å². The van der Waals surface area contributed by atoms with Crippen LogP contribution in [-0.4, -0.2) is 14.7 Å². The molecule has 3 rings (SSSR count). The zero-order valence-corrected chi connectivity index (χ0v) is 20.8. The molecule has 0 radical (unpaired) electrons. The van der Waals surface area contributed by atoms with Crippen LogP contribution >= 0.6 is 0 Å². The van der Waals surface area contributed by atoms with Gasteiger partial charge in [0.15, 0.2) is 0 Å². The highest BCUT2D eigenvalue weighted by atomic mass is 28.3. The molecule has 32 heavy (non-hydrogen) atoms. The molecule has 0 spiro atoms. The molecule has 0 saturated carbocycles. The first-order chi connectivity index (χ1) is 15.4. The van der Waals surface area contributed by atoms with Crippen LogP contribution in [0.3, 0.4) is 0 Å². The molecule has 3 aromatic rings. The number of benzene rings is 3. The fourth-order valence-electron chi connectivity index (χ4n) is 3.96. The lowest BCUT2D eigenvalue weighted by Gasteiger charge is -2.36. The molecule has 0 atom stereocenters. The lowest BCUT2D eigenvalue weighted by atomic mass is 9.80. The van der Waals surface area contributed by atoms with Crippen LogP contribution in [-0.2, 0) is 10.3 Å². The predicted molar refractivity (Wildman–Crippen MR) is 141 cm³/mol. The van der Waals surface area contributed by atoms with Crippen LogP contribution in [0.1, 0.15) is 29.5 Å². The molecule has 0 amide bonds. The zero-order chi connectivity index (χ0) is 22.9. The third kappa shape index (κ3) is 6.41. The summed E-state index contributed by atoms with van der Waals surface area (Å²) in [6.07, 6.45) is 6.38. The van der Waals surface area contributed by atoms with Gasteiger partial charge in [0, 0.05) is 14.7 Å². The Morgan fingerprint density at radius 2 is 1.22 bits per heavy atom. The highest BCUT2D eigenvalue weighted by Crippen LogP contribution is 2.40. The second-order valence-electron chi connectivity index (χ2n) is 9.56. The van der Waals surface area contributed by atoms with Crippen molar-refractivity contribution < 1.29 is 4.74 Å². The standard InChI is InChI=1S/C30H36OSi/c1-26(17-15-25-32(2,3)4)16-14-24-31-30(27-18-8-5-9-19-27,28-20-10-6-11-21-28)29-22-12-7-13-23-29/h5-13,15,17-23H,1,14,16,24-25H2,2-4H3/b17-15-. The van der Waals surface area contributed by atoms with Gasteiger partial charge >= 0.3 is 0 Å². The van der Waals surface area contributed by atoms with Gasteiger partial charge in [-0.15, -0.1) is 0 Å². The van der Waals surface area contributed by atoms with Crippen molar-refractivity contribution in [3.63, 3.8) is 0 Å². The second kappa shape index (κ2) is 11.3. The van der Waals surface area contributed by atoms with Gasteiger partial charge < -0.3 is 4.74 Å². The Morgan fingerprint density at radius 1 is 0.781 bits per heavy atom. The topological polar surface area (TPSA) is 9.23 Å². The molecule has 0 aliphatic carbocycles. The van der Waals surface area contributed by atoms with Crippen LogP contribution in [0.25, 0.3) is 0 Å². The lowest BCUT2D eigenvalue weighted by Crippen LogP contribution is -2.33. The monoisotopic (exact) mass is 440 g/mol. The molecule has 166 valence electrons. The minimum absolute atomic E-state index is 0.640.